The standard InChI is InChI=1S/C11H12FIN4/c1-2-14-6-9-7-17(16-15-9)11-4-3-8(12)5-10(11)13/h3-5,7,14H,2,6H2,1H3. The minimum Gasteiger partial charge on any atom is -0.311 e. The number of rotatable bonds is 4. The van der Waals surface area contributed by atoms with Gasteiger partial charge < -0.3 is 5.32 Å². The molecule has 0 amide bonds. The molecule has 1 aromatic heterocycles. The van der Waals surface area contributed by atoms with Gasteiger partial charge in [0.25, 0.3) is 0 Å². The highest BCUT2D eigenvalue weighted by molar-refractivity contribution is 14.1. The van der Waals surface area contributed by atoms with Gasteiger partial charge in [0.2, 0.25) is 0 Å². The smallest absolute Gasteiger partial charge is 0.124 e. The van der Waals surface area contributed by atoms with Gasteiger partial charge in [0, 0.05) is 10.1 Å². The van der Waals surface area contributed by atoms with E-state index < -0.39 is 0 Å². The highest BCUT2D eigenvalue weighted by atomic mass is 127. The molecule has 0 aliphatic heterocycles. The van der Waals surface area contributed by atoms with Crippen molar-refractivity contribution in [2.75, 3.05) is 6.54 Å². The highest BCUT2D eigenvalue weighted by Crippen LogP contribution is 2.17. The Morgan fingerprint density at radius 1 is 1.47 bits per heavy atom. The molecule has 0 bridgehead atoms. The summed E-state index contributed by atoms with van der Waals surface area (Å²) >= 11 is 2.08. The fraction of sp³-hybridized carbons (Fsp3) is 0.273. The van der Waals surface area contributed by atoms with Crippen LogP contribution in [0.1, 0.15) is 12.6 Å². The van der Waals surface area contributed by atoms with Gasteiger partial charge in [-0.2, -0.15) is 0 Å². The Morgan fingerprint density at radius 2 is 2.29 bits per heavy atom. The lowest BCUT2D eigenvalue weighted by atomic mass is 10.3. The lowest BCUT2D eigenvalue weighted by molar-refractivity contribution is 0.625. The number of halogens is 2. The molecule has 17 heavy (non-hydrogen) atoms. The third-order valence-corrected chi connectivity index (χ3v) is 3.12. The number of hydrogen-bond acceptors (Lipinski definition) is 3. The molecule has 0 saturated heterocycles. The Balaban J connectivity index is 2.24. The molecule has 0 unspecified atom stereocenters. The summed E-state index contributed by atoms with van der Waals surface area (Å²) in [4.78, 5) is 0. The maximum atomic E-state index is 13.0. The van der Waals surface area contributed by atoms with Crippen LogP contribution in [0.4, 0.5) is 4.39 Å². The number of nitrogens with zero attached hydrogens (tertiary/aromatic N) is 3. The van der Waals surface area contributed by atoms with Crippen molar-refractivity contribution < 1.29 is 4.39 Å². The SMILES string of the molecule is CCNCc1cn(-c2ccc(F)cc2I)nn1. The fourth-order valence-electron chi connectivity index (χ4n) is 1.42. The molecular formula is C11H12FIN4. The maximum Gasteiger partial charge on any atom is 0.124 e. The first kappa shape index (κ1) is 12.4. The Kier molecular flexibility index (Phi) is 4.06. The second-order valence-electron chi connectivity index (χ2n) is 3.53. The van der Waals surface area contributed by atoms with Crippen LogP contribution in [-0.4, -0.2) is 21.5 Å². The minimum atomic E-state index is -0.244. The fourth-order valence-corrected chi connectivity index (χ4v) is 2.14. The normalized spacial score (nSPS) is 10.8. The average molecular weight is 346 g/mol. The zero-order chi connectivity index (χ0) is 12.3. The molecule has 2 aromatic rings. The lowest BCUT2D eigenvalue weighted by Gasteiger charge is -2.02. The van der Waals surface area contributed by atoms with Crippen LogP contribution in [0, 0.1) is 9.39 Å². The summed E-state index contributed by atoms with van der Waals surface area (Å²) in [5, 5.41) is 11.3. The molecule has 0 radical (unpaired) electrons. The molecule has 1 N–H and O–H groups in total. The third-order valence-electron chi connectivity index (χ3n) is 2.25. The van der Waals surface area contributed by atoms with Crippen molar-refractivity contribution in [1.82, 2.24) is 20.3 Å². The van der Waals surface area contributed by atoms with E-state index in [2.05, 4.69) is 38.2 Å². The Morgan fingerprint density at radius 3 is 3.00 bits per heavy atom. The van der Waals surface area contributed by atoms with Gasteiger partial charge >= 0.3 is 0 Å². The van der Waals surface area contributed by atoms with Crippen LogP contribution in [0.15, 0.2) is 24.4 Å². The van der Waals surface area contributed by atoms with Crippen molar-refractivity contribution in [2.24, 2.45) is 0 Å². The molecular weight excluding hydrogens is 334 g/mol. The van der Waals surface area contributed by atoms with Gasteiger partial charge in [-0.15, -0.1) is 5.10 Å². The van der Waals surface area contributed by atoms with E-state index in [-0.39, 0.29) is 5.82 Å². The second-order valence-corrected chi connectivity index (χ2v) is 4.69. The van der Waals surface area contributed by atoms with Gasteiger partial charge in [0.05, 0.1) is 17.6 Å². The Bertz CT molecular complexity index is 512. The average Bonchev–Trinajstić information content (AvgIpc) is 2.75. The molecule has 6 heteroatoms. The summed E-state index contributed by atoms with van der Waals surface area (Å²) in [6.07, 6.45) is 1.85. The van der Waals surface area contributed by atoms with E-state index in [0.29, 0.717) is 6.54 Å². The van der Waals surface area contributed by atoms with Gasteiger partial charge in [0.15, 0.2) is 0 Å². The summed E-state index contributed by atoms with van der Waals surface area (Å²) in [5.74, 6) is -0.244. The molecule has 1 aromatic carbocycles. The molecule has 2 rings (SSSR count). The van der Waals surface area contributed by atoms with Crippen LogP contribution in [0.3, 0.4) is 0 Å². The van der Waals surface area contributed by atoms with Crippen LogP contribution >= 0.6 is 22.6 Å². The topological polar surface area (TPSA) is 42.7 Å². The van der Waals surface area contributed by atoms with Gasteiger partial charge in [-0.3, -0.25) is 0 Å². The second kappa shape index (κ2) is 5.54. The van der Waals surface area contributed by atoms with Gasteiger partial charge in [0.1, 0.15) is 5.82 Å². The van der Waals surface area contributed by atoms with E-state index in [1.807, 2.05) is 13.1 Å². The van der Waals surface area contributed by atoms with Crippen molar-refractivity contribution >= 4 is 22.6 Å². The first-order chi connectivity index (χ1) is 8.20. The summed E-state index contributed by atoms with van der Waals surface area (Å²) in [5.41, 5.74) is 1.70. The van der Waals surface area contributed by atoms with E-state index in [0.717, 1.165) is 21.5 Å². The molecule has 0 fully saturated rings. The van der Waals surface area contributed by atoms with Crippen molar-refractivity contribution in [3.63, 3.8) is 0 Å². The van der Waals surface area contributed by atoms with E-state index >= 15 is 0 Å². The van der Waals surface area contributed by atoms with Gasteiger partial charge in [-0.1, -0.05) is 12.1 Å². The van der Waals surface area contributed by atoms with Crippen LogP contribution in [0.2, 0.25) is 0 Å². The Hall–Kier alpha value is -1.02. The number of benzene rings is 1. The first-order valence-corrected chi connectivity index (χ1v) is 6.36. The molecule has 0 saturated carbocycles. The number of nitrogens with one attached hydrogen (secondary N) is 1. The van der Waals surface area contributed by atoms with Crippen LogP contribution in [0.25, 0.3) is 5.69 Å². The molecule has 4 nitrogen and oxygen atoms in total. The minimum absolute atomic E-state index is 0.244. The number of aromatic nitrogens is 3. The predicted octanol–water partition coefficient (Wildman–Crippen LogP) is 2.12. The maximum absolute atomic E-state index is 13.0. The number of hydrogen-bond donors (Lipinski definition) is 1. The zero-order valence-electron chi connectivity index (χ0n) is 9.32. The zero-order valence-corrected chi connectivity index (χ0v) is 11.5. The predicted molar refractivity (Wildman–Crippen MR) is 71.4 cm³/mol. The summed E-state index contributed by atoms with van der Waals surface area (Å²) < 4.78 is 15.4. The summed E-state index contributed by atoms with van der Waals surface area (Å²) in [6, 6.07) is 4.59. The van der Waals surface area contributed by atoms with Crippen molar-refractivity contribution in [1.29, 1.82) is 0 Å². The largest absolute Gasteiger partial charge is 0.311 e. The molecule has 1 heterocycles. The monoisotopic (exact) mass is 346 g/mol. The summed E-state index contributed by atoms with van der Waals surface area (Å²) in [6.45, 7) is 3.61. The van der Waals surface area contributed by atoms with E-state index in [9.17, 15) is 4.39 Å². The van der Waals surface area contributed by atoms with E-state index in [1.54, 1.807) is 10.7 Å². The molecule has 0 atom stereocenters. The Labute approximate surface area is 112 Å². The lowest BCUT2D eigenvalue weighted by Crippen LogP contribution is -2.11. The third kappa shape index (κ3) is 3.01. The van der Waals surface area contributed by atoms with Gasteiger partial charge in [-0.05, 0) is 47.3 Å². The first-order valence-electron chi connectivity index (χ1n) is 5.28. The van der Waals surface area contributed by atoms with Crippen molar-refractivity contribution in [3.8, 4) is 5.69 Å². The molecule has 0 spiro atoms. The van der Waals surface area contributed by atoms with Crippen molar-refractivity contribution in [3.05, 3.63) is 39.5 Å². The molecule has 0 aliphatic carbocycles. The van der Waals surface area contributed by atoms with Crippen LogP contribution in [-0.2, 0) is 6.54 Å². The molecule has 90 valence electrons. The van der Waals surface area contributed by atoms with Gasteiger partial charge in [-0.25, -0.2) is 9.07 Å². The van der Waals surface area contributed by atoms with E-state index in [4.69, 9.17) is 0 Å². The highest BCUT2D eigenvalue weighted by Gasteiger charge is 2.06. The quantitative estimate of drug-likeness (QED) is 0.863. The molecule has 0 aliphatic rings. The van der Waals surface area contributed by atoms with Crippen molar-refractivity contribution in [2.45, 2.75) is 13.5 Å². The summed E-state index contributed by atoms with van der Waals surface area (Å²) in [7, 11) is 0. The van der Waals surface area contributed by atoms with E-state index in [1.165, 1.54) is 12.1 Å². The van der Waals surface area contributed by atoms with Crippen LogP contribution < -0.4 is 5.32 Å². The van der Waals surface area contributed by atoms with Crippen LogP contribution in [0.5, 0.6) is 0 Å².